The Morgan fingerprint density at radius 1 is 1.30 bits per heavy atom. The molecule has 2 rings (SSSR count). The maximum atomic E-state index is 11.5. The second kappa shape index (κ2) is 6.16. The smallest absolute Gasteiger partial charge is 0.360 e. The predicted molar refractivity (Wildman–Crippen MR) is 69.4 cm³/mol. The third-order valence-electron chi connectivity index (χ3n) is 2.86. The van der Waals surface area contributed by atoms with Gasteiger partial charge >= 0.3 is 5.97 Å². The van der Waals surface area contributed by atoms with Crippen LogP contribution in [0.25, 0.3) is 0 Å². The highest BCUT2D eigenvalue weighted by molar-refractivity contribution is 5.88. The zero-order valence-electron chi connectivity index (χ0n) is 11.2. The monoisotopic (exact) mass is 277 g/mol. The number of carbonyl (C=O) groups excluding carboxylic acids is 1. The van der Waals surface area contributed by atoms with E-state index in [0.29, 0.717) is 12.2 Å². The standard InChI is InChI=1S/C13H15N3O4/c1-19-10-5-3-9(4-6-10)7-16-11(8-17)12(14-15-16)13(18)20-2/h3-6,17H,7-8H2,1-2H3. The van der Waals surface area contributed by atoms with Crippen LogP contribution in [0, 0.1) is 0 Å². The lowest BCUT2D eigenvalue weighted by molar-refractivity contribution is 0.0590. The molecule has 1 aromatic carbocycles. The number of esters is 1. The second-order valence-electron chi connectivity index (χ2n) is 4.04. The van der Waals surface area contributed by atoms with Crippen molar-refractivity contribution in [3.05, 3.63) is 41.2 Å². The summed E-state index contributed by atoms with van der Waals surface area (Å²) in [7, 11) is 2.85. The molecular formula is C13H15N3O4. The van der Waals surface area contributed by atoms with Crippen molar-refractivity contribution in [2.75, 3.05) is 14.2 Å². The van der Waals surface area contributed by atoms with Gasteiger partial charge in [0.05, 0.1) is 33.1 Å². The van der Waals surface area contributed by atoms with Gasteiger partial charge in [-0.2, -0.15) is 0 Å². The Morgan fingerprint density at radius 2 is 2.00 bits per heavy atom. The van der Waals surface area contributed by atoms with E-state index in [2.05, 4.69) is 15.0 Å². The molecule has 0 saturated carbocycles. The number of hydrogen-bond donors (Lipinski definition) is 1. The third kappa shape index (κ3) is 2.77. The Balaban J connectivity index is 2.24. The Morgan fingerprint density at radius 3 is 2.55 bits per heavy atom. The molecule has 20 heavy (non-hydrogen) atoms. The second-order valence-corrected chi connectivity index (χ2v) is 4.04. The molecule has 0 aliphatic heterocycles. The summed E-state index contributed by atoms with van der Waals surface area (Å²) in [6.45, 7) is 0.0530. The fourth-order valence-electron chi connectivity index (χ4n) is 1.78. The van der Waals surface area contributed by atoms with Crippen molar-refractivity contribution in [1.82, 2.24) is 15.0 Å². The SMILES string of the molecule is COC(=O)c1nnn(Cc2ccc(OC)cc2)c1CO. The number of benzene rings is 1. The lowest BCUT2D eigenvalue weighted by Crippen LogP contribution is -2.10. The average Bonchev–Trinajstić information content (AvgIpc) is 2.89. The van der Waals surface area contributed by atoms with E-state index < -0.39 is 5.97 Å². The Hall–Kier alpha value is -2.41. The minimum atomic E-state index is -0.616. The van der Waals surface area contributed by atoms with Gasteiger partial charge in [-0.15, -0.1) is 5.10 Å². The number of carbonyl (C=O) groups is 1. The minimum Gasteiger partial charge on any atom is -0.497 e. The quantitative estimate of drug-likeness (QED) is 0.806. The number of nitrogens with zero attached hydrogens (tertiary/aromatic N) is 3. The van der Waals surface area contributed by atoms with Gasteiger partial charge in [-0.05, 0) is 17.7 Å². The molecular weight excluding hydrogens is 262 g/mol. The summed E-state index contributed by atoms with van der Waals surface area (Å²) in [5.41, 5.74) is 1.30. The van der Waals surface area contributed by atoms with E-state index in [-0.39, 0.29) is 12.3 Å². The molecule has 0 radical (unpaired) electrons. The van der Waals surface area contributed by atoms with Gasteiger partial charge in [0.1, 0.15) is 5.75 Å². The summed E-state index contributed by atoms with van der Waals surface area (Å²) < 4.78 is 11.1. The molecule has 7 heteroatoms. The predicted octanol–water partition coefficient (Wildman–Crippen LogP) is 0.614. The molecule has 7 nitrogen and oxygen atoms in total. The molecule has 1 N–H and O–H groups in total. The third-order valence-corrected chi connectivity index (χ3v) is 2.86. The molecule has 1 aromatic heterocycles. The zero-order chi connectivity index (χ0) is 14.5. The van der Waals surface area contributed by atoms with Gasteiger partial charge < -0.3 is 14.6 Å². The van der Waals surface area contributed by atoms with E-state index in [1.165, 1.54) is 11.8 Å². The highest BCUT2D eigenvalue weighted by atomic mass is 16.5. The summed E-state index contributed by atoms with van der Waals surface area (Å²) in [4.78, 5) is 11.5. The highest BCUT2D eigenvalue weighted by Gasteiger charge is 2.19. The average molecular weight is 277 g/mol. The summed E-state index contributed by atoms with van der Waals surface area (Å²) in [5, 5.41) is 17.0. The van der Waals surface area contributed by atoms with Crippen LogP contribution in [0.2, 0.25) is 0 Å². The van der Waals surface area contributed by atoms with Crippen molar-refractivity contribution in [2.45, 2.75) is 13.2 Å². The van der Waals surface area contributed by atoms with E-state index in [4.69, 9.17) is 4.74 Å². The van der Waals surface area contributed by atoms with Crippen LogP contribution in [0.15, 0.2) is 24.3 Å². The normalized spacial score (nSPS) is 10.3. The Labute approximate surface area is 115 Å². The molecule has 0 unspecified atom stereocenters. The van der Waals surface area contributed by atoms with Crippen molar-refractivity contribution >= 4 is 5.97 Å². The van der Waals surface area contributed by atoms with Crippen LogP contribution in [0.3, 0.4) is 0 Å². The van der Waals surface area contributed by atoms with Gasteiger partial charge in [0, 0.05) is 0 Å². The van der Waals surface area contributed by atoms with E-state index in [1.807, 2.05) is 24.3 Å². The molecule has 0 bridgehead atoms. The minimum absolute atomic E-state index is 0.0310. The molecule has 0 amide bonds. The number of aromatic nitrogens is 3. The number of aliphatic hydroxyl groups excluding tert-OH is 1. The molecule has 0 atom stereocenters. The number of methoxy groups -OCH3 is 2. The highest BCUT2D eigenvalue weighted by Crippen LogP contribution is 2.14. The summed E-state index contributed by atoms with van der Waals surface area (Å²) in [5.74, 6) is 0.139. The van der Waals surface area contributed by atoms with Crippen molar-refractivity contribution in [3.63, 3.8) is 0 Å². The van der Waals surface area contributed by atoms with Crippen molar-refractivity contribution in [2.24, 2.45) is 0 Å². The lowest BCUT2D eigenvalue weighted by atomic mass is 10.2. The van der Waals surface area contributed by atoms with Crippen molar-refractivity contribution < 1.29 is 19.4 Å². The van der Waals surface area contributed by atoms with Crippen LogP contribution < -0.4 is 4.74 Å². The molecule has 0 fully saturated rings. The fraction of sp³-hybridized carbons (Fsp3) is 0.308. The largest absolute Gasteiger partial charge is 0.497 e. The van der Waals surface area contributed by atoms with Crippen molar-refractivity contribution in [1.29, 1.82) is 0 Å². The van der Waals surface area contributed by atoms with Crippen LogP contribution in [0.1, 0.15) is 21.7 Å². The van der Waals surface area contributed by atoms with Crippen LogP contribution in [-0.2, 0) is 17.9 Å². The van der Waals surface area contributed by atoms with E-state index in [9.17, 15) is 9.90 Å². The molecule has 1 heterocycles. The van der Waals surface area contributed by atoms with E-state index >= 15 is 0 Å². The van der Waals surface area contributed by atoms with Gasteiger partial charge in [0.15, 0.2) is 5.69 Å². The number of rotatable bonds is 5. The summed E-state index contributed by atoms with van der Waals surface area (Å²) >= 11 is 0. The summed E-state index contributed by atoms with van der Waals surface area (Å²) in [6.07, 6.45) is 0. The summed E-state index contributed by atoms with van der Waals surface area (Å²) in [6, 6.07) is 7.40. The zero-order valence-corrected chi connectivity index (χ0v) is 11.2. The van der Waals surface area contributed by atoms with Crippen LogP contribution in [-0.4, -0.2) is 40.3 Å². The van der Waals surface area contributed by atoms with E-state index in [1.54, 1.807) is 7.11 Å². The first-order valence-electron chi connectivity index (χ1n) is 5.94. The van der Waals surface area contributed by atoms with Gasteiger partial charge in [0.2, 0.25) is 0 Å². The molecule has 0 saturated heterocycles. The van der Waals surface area contributed by atoms with Crippen LogP contribution >= 0.6 is 0 Å². The molecule has 0 aliphatic carbocycles. The number of hydrogen-bond acceptors (Lipinski definition) is 6. The lowest BCUT2D eigenvalue weighted by Gasteiger charge is -2.06. The van der Waals surface area contributed by atoms with Gasteiger partial charge in [0.25, 0.3) is 0 Å². The number of ether oxygens (including phenoxy) is 2. The van der Waals surface area contributed by atoms with E-state index in [0.717, 1.165) is 11.3 Å². The Bertz CT molecular complexity index is 592. The Kier molecular flexibility index (Phi) is 4.31. The van der Waals surface area contributed by atoms with Gasteiger partial charge in [-0.3, -0.25) is 0 Å². The van der Waals surface area contributed by atoms with Gasteiger partial charge in [-0.1, -0.05) is 17.3 Å². The maximum absolute atomic E-state index is 11.5. The first-order valence-corrected chi connectivity index (χ1v) is 5.94. The maximum Gasteiger partial charge on any atom is 0.360 e. The first kappa shape index (κ1) is 14.0. The molecule has 0 spiro atoms. The fourth-order valence-corrected chi connectivity index (χ4v) is 1.78. The van der Waals surface area contributed by atoms with Crippen LogP contribution in [0.5, 0.6) is 5.75 Å². The van der Waals surface area contributed by atoms with Crippen molar-refractivity contribution in [3.8, 4) is 5.75 Å². The van der Waals surface area contributed by atoms with Crippen LogP contribution in [0.4, 0.5) is 0 Å². The molecule has 2 aromatic rings. The number of aliphatic hydroxyl groups is 1. The topological polar surface area (TPSA) is 86.5 Å². The first-order chi connectivity index (χ1) is 9.69. The molecule has 0 aliphatic rings. The van der Waals surface area contributed by atoms with Gasteiger partial charge in [-0.25, -0.2) is 9.48 Å². The molecule has 106 valence electrons.